The lowest BCUT2D eigenvalue weighted by Gasteiger charge is -2.07. The van der Waals surface area contributed by atoms with Gasteiger partial charge in [-0.15, -0.1) is 0 Å². The van der Waals surface area contributed by atoms with Gasteiger partial charge in [0.05, 0.1) is 6.54 Å². The molecule has 3 heteroatoms. The number of anilines is 1. The number of rotatable bonds is 2. The number of aryl methyl sites for hydroxylation is 1. The Kier molecular flexibility index (Phi) is 3.98. The predicted octanol–water partition coefficient (Wildman–Crippen LogP) is 2.68. The van der Waals surface area contributed by atoms with Crippen molar-refractivity contribution in [3.05, 3.63) is 29.3 Å². The minimum atomic E-state index is 0.190. The zero-order valence-electron chi connectivity index (χ0n) is 12.5. The maximum atomic E-state index is 12.4. The van der Waals surface area contributed by atoms with Gasteiger partial charge >= 0.3 is 0 Å². The number of benzene rings is 1. The second-order valence-electron chi connectivity index (χ2n) is 6.22. The molecule has 2 aliphatic carbocycles. The van der Waals surface area contributed by atoms with Gasteiger partial charge in [0, 0.05) is 17.2 Å². The lowest BCUT2D eigenvalue weighted by Crippen LogP contribution is -2.15. The van der Waals surface area contributed by atoms with E-state index in [1.165, 1.54) is 25.7 Å². The van der Waals surface area contributed by atoms with Crippen molar-refractivity contribution in [2.45, 2.75) is 32.6 Å². The van der Waals surface area contributed by atoms with Crippen molar-refractivity contribution in [3.8, 4) is 11.8 Å². The highest BCUT2D eigenvalue weighted by Crippen LogP contribution is 2.55. The van der Waals surface area contributed by atoms with Crippen molar-refractivity contribution >= 4 is 11.6 Å². The zero-order valence-corrected chi connectivity index (χ0v) is 12.5. The number of hydrogen-bond acceptors (Lipinski definition) is 2. The molecule has 2 atom stereocenters. The van der Waals surface area contributed by atoms with E-state index in [1.54, 1.807) is 0 Å². The summed E-state index contributed by atoms with van der Waals surface area (Å²) in [5.41, 5.74) is 8.26. The summed E-state index contributed by atoms with van der Waals surface area (Å²) in [5, 5.41) is 3.08. The Labute approximate surface area is 126 Å². The van der Waals surface area contributed by atoms with Crippen LogP contribution >= 0.6 is 0 Å². The molecule has 0 radical (unpaired) electrons. The first-order valence-corrected chi connectivity index (χ1v) is 7.80. The van der Waals surface area contributed by atoms with Gasteiger partial charge in [-0.2, -0.15) is 0 Å². The van der Waals surface area contributed by atoms with Crippen LogP contribution in [0.1, 0.15) is 36.8 Å². The van der Waals surface area contributed by atoms with Gasteiger partial charge in [0.25, 0.3) is 0 Å². The van der Waals surface area contributed by atoms with Crippen LogP contribution in [0.15, 0.2) is 18.2 Å². The van der Waals surface area contributed by atoms with Crippen LogP contribution in [0.25, 0.3) is 0 Å². The highest BCUT2D eigenvalue weighted by molar-refractivity contribution is 5.95. The number of nitrogens with one attached hydrogen (secondary N) is 1. The fourth-order valence-corrected chi connectivity index (χ4v) is 3.69. The van der Waals surface area contributed by atoms with Crippen molar-refractivity contribution in [2.24, 2.45) is 23.5 Å². The predicted molar refractivity (Wildman–Crippen MR) is 84.7 cm³/mol. The summed E-state index contributed by atoms with van der Waals surface area (Å²) >= 11 is 0. The highest BCUT2D eigenvalue weighted by atomic mass is 16.2. The lowest BCUT2D eigenvalue weighted by atomic mass is 10.0. The molecule has 1 aromatic carbocycles. The van der Waals surface area contributed by atoms with Crippen LogP contribution in [-0.4, -0.2) is 12.5 Å². The van der Waals surface area contributed by atoms with E-state index in [4.69, 9.17) is 5.73 Å². The molecule has 0 bridgehead atoms. The van der Waals surface area contributed by atoms with Crippen molar-refractivity contribution in [1.82, 2.24) is 0 Å². The third-order valence-corrected chi connectivity index (χ3v) is 4.64. The van der Waals surface area contributed by atoms with Gasteiger partial charge in [0.1, 0.15) is 0 Å². The standard InChI is InChI=1S/C18H22N2O/c1-12-9-13(5-4-8-19)11-14(10-12)20-18(21)17-15-6-2-3-7-16(15)17/h9-11,15-17H,2-3,6-8,19H2,1H3,(H,20,21). The molecule has 1 amide bonds. The van der Waals surface area contributed by atoms with E-state index in [0.29, 0.717) is 18.4 Å². The Hall–Kier alpha value is -1.79. The van der Waals surface area contributed by atoms with E-state index >= 15 is 0 Å². The van der Waals surface area contributed by atoms with E-state index in [-0.39, 0.29) is 11.8 Å². The molecule has 110 valence electrons. The molecule has 0 spiro atoms. The molecule has 3 nitrogen and oxygen atoms in total. The Bertz CT molecular complexity index is 599. The zero-order chi connectivity index (χ0) is 14.8. The molecule has 2 saturated carbocycles. The Balaban J connectivity index is 1.70. The minimum Gasteiger partial charge on any atom is -0.326 e. The molecular formula is C18H22N2O. The molecular weight excluding hydrogens is 260 g/mol. The SMILES string of the molecule is Cc1cc(C#CCN)cc(NC(=O)C2C3CCCCC32)c1. The lowest BCUT2D eigenvalue weighted by molar-refractivity contribution is -0.117. The van der Waals surface area contributed by atoms with E-state index in [9.17, 15) is 4.79 Å². The normalized spacial score (nSPS) is 26.3. The van der Waals surface area contributed by atoms with Crippen LogP contribution in [0.5, 0.6) is 0 Å². The van der Waals surface area contributed by atoms with Gasteiger partial charge in [-0.1, -0.05) is 24.7 Å². The third kappa shape index (κ3) is 3.11. The van der Waals surface area contributed by atoms with Crippen LogP contribution < -0.4 is 11.1 Å². The summed E-state index contributed by atoms with van der Waals surface area (Å²) in [6.45, 7) is 2.36. The number of hydrogen-bond donors (Lipinski definition) is 2. The van der Waals surface area contributed by atoms with Crippen molar-refractivity contribution in [3.63, 3.8) is 0 Å². The maximum absolute atomic E-state index is 12.4. The highest BCUT2D eigenvalue weighted by Gasteiger charge is 2.54. The molecule has 1 aromatic rings. The number of carbonyl (C=O) groups is 1. The molecule has 0 aromatic heterocycles. The van der Waals surface area contributed by atoms with Crippen molar-refractivity contribution in [2.75, 3.05) is 11.9 Å². The van der Waals surface area contributed by atoms with Gasteiger partial charge in [-0.05, 0) is 55.4 Å². The average Bonchev–Trinajstić information content (AvgIpc) is 3.19. The maximum Gasteiger partial charge on any atom is 0.228 e. The number of carbonyl (C=O) groups excluding carboxylic acids is 1. The summed E-state index contributed by atoms with van der Waals surface area (Å²) in [6, 6.07) is 5.94. The Morgan fingerprint density at radius 2 is 2.00 bits per heavy atom. The van der Waals surface area contributed by atoms with Crippen LogP contribution in [0.2, 0.25) is 0 Å². The first-order valence-electron chi connectivity index (χ1n) is 7.80. The largest absolute Gasteiger partial charge is 0.326 e. The monoisotopic (exact) mass is 282 g/mol. The molecule has 2 aliphatic rings. The Morgan fingerprint density at radius 3 is 2.67 bits per heavy atom. The molecule has 2 unspecified atom stereocenters. The molecule has 3 rings (SSSR count). The quantitative estimate of drug-likeness (QED) is 0.819. The first-order chi connectivity index (χ1) is 10.2. The van der Waals surface area contributed by atoms with E-state index in [0.717, 1.165) is 16.8 Å². The van der Waals surface area contributed by atoms with Gasteiger partial charge in [0.2, 0.25) is 5.91 Å². The van der Waals surface area contributed by atoms with E-state index < -0.39 is 0 Å². The summed E-state index contributed by atoms with van der Waals surface area (Å²) in [4.78, 5) is 12.4. The van der Waals surface area contributed by atoms with Crippen LogP contribution in [0.4, 0.5) is 5.69 Å². The minimum absolute atomic E-state index is 0.190. The van der Waals surface area contributed by atoms with Crippen LogP contribution in [0, 0.1) is 36.5 Å². The molecule has 0 heterocycles. The smallest absolute Gasteiger partial charge is 0.228 e. The van der Waals surface area contributed by atoms with Gasteiger partial charge in [-0.25, -0.2) is 0 Å². The summed E-state index contributed by atoms with van der Waals surface area (Å²) < 4.78 is 0. The fraction of sp³-hybridized carbons (Fsp3) is 0.500. The molecule has 21 heavy (non-hydrogen) atoms. The van der Waals surface area contributed by atoms with Crippen LogP contribution in [-0.2, 0) is 4.79 Å². The topological polar surface area (TPSA) is 55.1 Å². The van der Waals surface area contributed by atoms with Crippen LogP contribution in [0.3, 0.4) is 0 Å². The second kappa shape index (κ2) is 5.91. The fourth-order valence-electron chi connectivity index (χ4n) is 3.69. The van der Waals surface area contributed by atoms with Crippen molar-refractivity contribution < 1.29 is 4.79 Å². The molecule has 3 N–H and O–H groups in total. The molecule has 2 fully saturated rings. The van der Waals surface area contributed by atoms with Gasteiger partial charge in [0.15, 0.2) is 0 Å². The number of fused-ring (bicyclic) bond motifs is 1. The molecule has 0 saturated heterocycles. The average molecular weight is 282 g/mol. The van der Waals surface area contributed by atoms with Crippen molar-refractivity contribution in [1.29, 1.82) is 0 Å². The summed E-state index contributed by atoms with van der Waals surface area (Å²) in [5.74, 6) is 7.59. The van der Waals surface area contributed by atoms with E-state index in [1.807, 2.05) is 25.1 Å². The van der Waals surface area contributed by atoms with Gasteiger partial charge in [-0.3, -0.25) is 4.79 Å². The van der Waals surface area contributed by atoms with Gasteiger partial charge < -0.3 is 11.1 Å². The number of amides is 1. The van der Waals surface area contributed by atoms with E-state index in [2.05, 4.69) is 17.2 Å². The second-order valence-corrected chi connectivity index (χ2v) is 6.22. The first kappa shape index (κ1) is 14.2. The Morgan fingerprint density at radius 1 is 1.29 bits per heavy atom. The number of nitrogens with two attached hydrogens (primary N) is 1. The third-order valence-electron chi connectivity index (χ3n) is 4.64. The molecule has 0 aliphatic heterocycles. The summed E-state index contributed by atoms with van der Waals surface area (Å²) in [6.07, 6.45) is 5.02. The summed E-state index contributed by atoms with van der Waals surface area (Å²) in [7, 11) is 0.